The van der Waals surface area contributed by atoms with Crippen LogP contribution in [0, 0.1) is 13.8 Å². The van der Waals surface area contributed by atoms with Crippen molar-refractivity contribution in [2.24, 2.45) is 5.73 Å². The molecule has 3 rings (SSSR count). The van der Waals surface area contributed by atoms with E-state index in [0.29, 0.717) is 6.54 Å². The first-order valence-electron chi connectivity index (χ1n) is 7.01. The molecule has 2 N–H and O–H groups in total. The Morgan fingerprint density at radius 2 is 1.86 bits per heavy atom. The molecule has 0 saturated heterocycles. The molecule has 3 nitrogen and oxygen atoms in total. The maximum Gasteiger partial charge on any atom is 0.153 e. The second-order valence-electron chi connectivity index (χ2n) is 5.20. The predicted molar refractivity (Wildman–Crippen MR) is 85.6 cm³/mol. The predicted octanol–water partition coefficient (Wildman–Crippen LogP) is 4.10. The highest BCUT2D eigenvalue weighted by molar-refractivity contribution is 5.84. The van der Waals surface area contributed by atoms with Gasteiger partial charge in [-0.1, -0.05) is 35.9 Å². The zero-order valence-electron chi connectivity index (χ0n) is 12.3. The topological polar surface area (TPSA) is 48.1 Å². The third-order valence-corrected chi connectivity index (χ3v) is 3.48. The van der Waals surface area contributed by atoms with Crippen LogP contribution in [-0.2, 0) is 6.54 Å². The molecule has 1 heterocycles. The van der Waals surface area contributed by atoms with Crippen LogP contribution in [0.1, 0.15) is 16.8 Å². The van der Waals surface area contributed by atoms with Crippen molar-refractivity contribution in [2.45, 2.75) is 20.4 Å². The first kappa shape index (κ1) is 13.6. The molecular formula is C18H18N2O. The van der Waals surface area contributed by atoms with Crippen molar-refractivity contribution in [1.82, 2.24) is 4.98 Å². The van der Waals surface area contributed by atoms with E-state index < -0.39 is 0 Å². The van der Waals surface area contributed by atoms with Gasteiger partial charge in [-0.2, -0.15) is 0 Å². The minimum absolute atomic E-state index is 0.453. The second kappa shape index (κ2) is 5.54. The fourth-order valence-corrected chi connectivity index (χ4v) is 2.39. The Morgan fingerprint density at radius 1 is 1.00 bits per heavy atom. The molecule has 0 spiro atoms. The molecule has 0 atom stereocenters. The number of ether oxygens (including phenoxy) is 1. The van der Waals surface area contributed by atoms with Crippen LogP contribution in [0.5, 0.6) is 11.5 Å². The van der Waals surface area contributed by atoms with Gasteiger partial charge in [0.2, 0.25) is 0 Å². The lowest BCUT2D eigenvalue weighted by Crippen LogP contribution is -2.00. The van der Waals surface area contributed by atoms with Gasteiger partial charge in [-0.25, -0.2) is 4.98 Å². The van der Waals surface area contributed by atoms with Gasteiger partial charge in [-0.05, 0) is 32.0 Å². The summed E-state index contributed by atoms with van der Waals surface area (Å²) in [6.45, 7) is 4.48. The molecule has 1 aromatic heterocycles. The normalized spacial score (nSPS) is 10.8. The summed E-state index contributed by atoms with van der Waals surface area (Å²) in [6.07, 6.45) is 0. The molecule has 0 amide bonds. The second-order valence-corrected chi connectivity index (χ2v) is 5.20. The smallest absolute Gasteiger partial charge is 0.153 e. The summed E-state index contributed by atoms with van der Waals surface area (Å²) in [6, 6.07) is 16.1. The molecule has 0 aliphatic rings. The highest BCUT2D eigenvalue weighted by atomic mass is 16.5. The number of benzene rings is 2. The van der Waals surface area contributed by atoms with E-state index in [2.05, 4.69) is 17.1 Å². The number of nitrogens with zero attached hydrogens (tertiary/aromatic N) is 1. The Labute approximate surface area is 124 Å². The van der Waals surface area contributed by atoms with Crippen LogP contribution in [0.25, 0.3) is 10.9 Å². The van der Waals surface area contributed by atoms with Gasteiger partial charge in [0.1, 0.15) is 11.3 Å². The van der Waals surface area contributed by atoms with Gasteiger partial charge >= 0.3 is 0 Å². The van der Waals surface area contributed by atoms with Gasteiger partial charge in [0.05, 0.1) is 0 Å². The molecule has 3 aromatic rings. The van der Waals surface area contributed by atoms with Crippen LogP contribution >= 0.6 is 0 Å². The lowest BCUT2D eigenvalue weighted by Gasteiger charge is -2.12. The molecule has 0 aliphatic heterocycles. The van der Waals surface area contributed by atoms with Crippen molar-refractivity contribution in [3.63, 3.8) is 0 Å². The average Bonchev–Trinajstić information content (AvgIpc) is 2.49. The largest absolute Gasteiger partial charge is 0.455 e. The van der Waals surface area contributed by atoms with Gasteiger partial charge in [-0.3, -0.25) is 0 Å². The Morgan fingerprint density at radius 3 is 2.67 bits per heavy atom. The molecule has 106 valence electrons. The Balaban J connectivity index is 2.08. The number of fused-ring (bicyclic) bond motifs is 1. The van der Waals surface area contributed by atoms with Crippen molar-refractivity contribution in [2.75, 3.05) is 0 Å². The number of aryl methyl sites for hydroxylation is 2. The van der Waals surface area contributed by atoms with E-state index >= 15 is 0 Å². The Bertz CT molecular complexity index is 796. The fourth-order valence-electron chi connectivity index (χ4n) is 2.39. The lowest BCUT2D eigenvalue weighted by atomic mass is 10.1. The number of hydrogen-bond donors (Lipinski definition) is 1. The summed E-state index contributed by atoms with van der Waals surface area (Å²) in [5.74, 6) is 1.55. The lowest BCUT2D eigenvalue weighted by molar-refractivity contribution is 0.480. The van der Waals surface area contributed by atoms with Crippen LogP contribution in [-0.4, -0.2) is 4.98 Å². The quantitative estimate of drug-likeness (QED) is 0.784. The summed E-state index contributed by atoms with van der Waals surface area (Å²) < 4.78 is 6.08. The van der Waals surface area contributed by atoms with Crippen molar-refractivity contribution in [1.29, 1.82) is 0 Å². The number of hydrogen-bond acceptors (Lipinski definition) is 3. The number of para-hydroxylation sites is 1. The molecule has 0 fully saturated rings. The van der Waals surface area contributed by atoms with E-state index in [0.717, 1.165) is 33.7 Å². The first-order chi connectivity index (χ1) is 10.2. The van der Waals surface area contributed by atoms with Crippen LogP contribution in [0.2, 0.25) is 0 Å². The summed E-state index contributed by atoms with van der Waals surface area (Å²) in [5, 5.41) is 1.07. The average molecular weight is 278 g/mol. The minimum atomic E-state index is 0.453. The van der Waals surface area contributed by atoms with E-state index in [9.17, 15) is 0 Å². The number of pyridine rings is 1. The van der Waals surface area contributed by atoms with Crippen LogP contribution < -0.4 is 10.5 Å². The van der Waals surface area contributed by atoms with Gasteiger partial charge in [-0.15, -0.1) is 0 Å². The van der Waals surface area contributed by atoms with E-state index in [4.69, 9.17) is 10.5 Å². The van der Waals surface area contributed by atoms with Crippen molar-refractivity contribution in [3.05, 3.63) is 65.4 Å². The van der Waals surface area contributed by atoms with E-state index in [-0.39, 0.29) is 0 Å². The van der Waals surface area contributed by atoms with Gasteiger partial charge in [0, 0.05) is 23.2 Å². The maximum absolute atomic E-state index is 6.08. The standard InChI is InChI=1S/C18H18N2O/c1-12-6-9-16(15(10-12)11-19)21-17-5-3-4-14-8-7-13(2)20-18(14)17/h3-10H,11,19H2,1-2H3. The van der Waals surface area contributed by atoms with Crippen molar-refractivity contribution < 1.29 is 4.74 Å². The SMILES string of the molecule is Cc1ccc(Oc2cccc3ccc(C)nc23)c(CN)c1. The monoisotopic (exact) mass is 278 g/mol. The minimum Gasteiger partial charge on any atom is -0.455 e. The summed E-state index contributed by atoms with van der Waals surface area (Å²) in [7, 11) is 0. The third-order valence-electron chi connectivity index (χ3n) is 3.48. The van der Waals surface area contributed by atoms with Gasteiger partial charge in [0.15, 0.2) is 5.75 Å². The highest BCUT2D eigenvalue weighted by Gasteiger charge is 2.08. The number of nitrogens with two attached hydrogens (primary N) is 1. The van der Waals surface area contributed by atoms with E-state index in [1.165, 1.54) is 5.56 Å². The summed E-state index contributed by atoms with van der Waals surface area (Å²) in [5.41, 5.74) is 9.84. The van der Waals surface area contributed by atoms with Crippen molar-refractivity contribution >= 4 is 10.9 Å². The van der Waals surface area contributed by atoms with E-state index in [1.54, 1.807) is 0 Å². The summed E-state index contributed by atoms with van der Waals surface area (Å²) >= 11 is 0. The van der Waals surface area contributed by atoms with Gasteiger partial charge < -0.3 is 10.5 Å². The maximum atomic E-state index is 6.08. The molecule has 3 heteroatoms. The van der Waals surface area contributed by atoms with E-state index in [1.807, 2.05) is 50.2 Å². The van der Waals surface area contributed by atoms with Crippen molar-refractivity contribution in [3.8, 4) is 11.5 Å². The molecule has 0 unspecified atom stereocenters. The number of aromatic nitrogens is 1. The van der Waals surface area contributed by atoms with Crippen LogP contribution in [0.3, 0.4) is 0 Å². The molecule has 0 radical (unpaired) electrons. The Hall–Kier alpha value is -2.39. The molecule has 0 saturated carbocycles. The Kier molecular flexibility index (Phi) is 3.59. The molecule has 2 aromatic carbocycles. The third kappa shape index (κ3) is 2.73. The molecule has 0 aliphatic carbocycles. The zero-order valence-corrected chi connectivity index (χ0v) is 12.3. The highest BCUT2D eigenvalue weighted by Crippen LogP contribution is 2.31. The zero-order chi connectivity index (χ0) is 14.8. The van der Waals surface area contributed by atoms with Crippen LogP contribution in [0.15, 0.2) is 48.5 Å². The van der Waals surface area contributed by atoms with Crippen LogP contribution in [0.4, 0.5) is 0 Å². The fraction of sp³-hybridized carbons (Fsp3) is 0.167. The molecular weight excluding hydrogens is 260 g/mol. The first-order valence-corrected chi connectivity index (χ1v) is 7.01. The molecule has 21 heavy (non-hydrogen) atoms. The number of rotatable bonds is 3. The van der Waals surface area contributed by atoms with Gasteiger partial charge in [0.25, 0.3) is 0 Å². The molecule has 0 bridgehead atoms. The summed E-state index contributed by atoms with van der Waals surface area (Å²) in [4.78, 5) is 4.59.